The van der Waals surface area contributed by atoms with Crippen LogP contribution in [0.25, 0.3) is 0 Å². The van der Waals surface area contributed by atoms with E-state index in [-0.39, 0.29) is 18.9 Å². The maximum atomic E-state index is 12.2. The molecule has 0 spiro atoms. The van der Waals surface area contributed by atoms with E-state index in [0.717, 1.165) is 0 Å². The van der Waals surface area contributed by atoms with Crippen molar-refractivity contribution in [3.8, 4) is 11.5 Å². The van der Waals surface area contributed by atoms with E-state index in [1.54, 1.807) is 12.1 Å². The van der Waals surface area contributed by atoms with Crippen molar-refractivity contribution in [2.24, 2.45) is 5.41 Å². The van der Waals surface area contributed by atoms with Crippen molar-refractivity contribution >= 4 is 23.5 Å². The molecule has 0 bridgehead atoms. The Kier molecular flexibility index (Phi) is 5.94. The van der Waals surface area contributed by atoms with Gasteiger partial charge in [-0.05, 0) is 30.5 Å². The molecule has 0 fully saturated rings. The number of hydrogen-bond donors (Lipinski definition) is 2. The normalized spacial score (nSPS) is 13.5. The van der Waals surface area contributed by atoms with Gasteiger partial charge in [-0.25, -0.2) is 0 Å². The molecule has 1 heterocycles. The highest BCUT2D eigenvalue weighted by molar-refractivity contribution is 6.32. The molecule has 0 aromatic heterocycles. The number of carbonyl (C=O) groups is 2. The second-order valence-electron chi connectivity index (χ2n) is 5.85. The molecule has 2 N–H and O–H groups in total. The lowest BCUT2D eigenvalue weighted by atomic mass is 9.82. The highest BCUT2D eigenvalue weighted by atomic mass is 35.5. The largest absolute Gasteiger partial charge is 0.486 e. The van der Waals surface area contributed by atoms with Gasteiger partial charge in [-0.3, -0.25) is 9.59 Å². The Labute approximate surface area is 146 Å². The summed E-state index contributed by atoms with van der Waals surface area (Å²) < 4.78 is 10.9. The van der Waals surface area contributed by atoms with Crippen LogP contribution in [0, 0.1) is 5.41 Å². The number of carboxylic acid groups (broad SMARTS) is 1. The van der Waals surface area contributed by atoms with Crippen molar-refractivity contribution in [3.05, 3.63) is 22.7 Å². The van der Waals surface area contributed by atoms with E-state index < -0.39 is 11.4 Å². The number of amides is 1. The molecular weight excluding hydrogens is 334 g/mol. The third kappa shape index (κ3) is 3.93. The summed E-state index contributed by atoms with van der Waals surface area (Å²) in [6.45, 7) is 4.60. The number of benzene rings is 1. The number of nitrogens with one attached hydrogen (secondary N) is 1. The molecule has 1 aromatic rings. The minimum Gasteiger partial charge on any atom is -0.486 e. The smallest absolute Gasteiger partial charge is 0.311 e. The van der Waals surface area contributed by atoms with Crippen LogP contribution in [0.4, 0.5) is 0 Å². The van der Waals surface area contributed by atoms with Crippen LogP contribution in [0.3, 0.4) is 0 Å². The molecule has 1 aromatic carbocycles. The first-order valence-electron chi connectivity index (χ1n) is 8.00. The first kappa shape index (κ1) is 18.4. The fourth-order valence-electron chi connectivity index (χ4n) is 2.66. The van der Waals surface area contributed by atoms with Crippen molar-refractivity contribution in [1.82, 2.24) is 5.32 Å². The van der Waals surface area contributed by atoms with E-state index in [4.69, 9.17) is 21.1 Å². The van der Waals surface area contributed by atoms with Gasteiger partial charge >= 0.3 is 5.97 Å². The Balaban J connectivity index is 2.02. The monoisotopic (exact) mass is 355 g/mol. The fourth-order valence-corrected chi connectivity index (χ4v) is 2.95. The second-order valence-corrected chi connectivity index (χ2v) is 6.26. The lowest BCUT2D eigenvalue weighted by molar-refractivity contribution is -0.149. The van der Waals surface area contributed by atoms with Crippen LogP contribution in [-0.2, 0) is 16.0 Å². The molecule has 2 rings (SSSR count). The van der Waals surface area contributed by atoms with Gasteiger partial charge in [0.1, 0.15) is 13.2 Å². The Morgan fingerprint density at radius 3 is 2.54 bits per heavy atom. The molecule has 1 aliphatic rings. The number of ether oxygens (including phenoxy) is 2. The van der Waals surface area contributed by atoms with E-state index in [1.165, 1.54) is 0 Å². The number of carbonyl (C=O) groups excluding carboxylic acids is 1. The summed E-state index contributed by atoms with van der Waals surface area (Å²) in [5, 5.41) is 12.5. The molecule has 1 aliphatic heterocycles. The second kappa shape index (κ2) is 7.75. The number of rotatable bonds is 7. The van der Waals surface area contributed by atoms with Crippen molar-refractivity contribution < 1.29 is 24.2 Å². The number of hydrogen-bond acceptors (Lipinski definition) is 4. The predicted molar refractivity (Wildman–Crippen MR) is 89.8 cm³/mol. The van der Waals surface area contributed by atoms with E-state index in [1.807, 2.05) is 13.8 Å². The molecule has 24 heavy (non-hydrogen) atoms. The van der Waals surface area contributed by atoms with Gasteiger partial charge in [0.2, 0.25) is 5.91 Å². The van der Waals surface area contributed by atoms with E-state index in [0.29, 0.717) is 48.1 Å². The Morgan fingerprint density at radius 1 is 1.25 bits per heavy atom. The summed E-state index contributed by atoms with van der Waals surface area (Å²) in [5.74, 6) is -0.127. The van der Waals surface area contributed by atoms with Crippen LogP contribution in [-0.4, -0.2) is 36.7 Å². The topological polar surface area (TPSA) is 84.9 Å². The van der Waals surface area contributed by atoms with Crippen molar-refractivity contribution in [2.75, 3.05) is 19.8 Å². The van der Waals surface area contributed by atoms with Crippen molar-refractivity contribution in [2.45, 2.75) is 33.1 Å². The minimum atomic E-state index is -0.930. The van der Waals surface area contributed by atoms with Crippen LogP contribution in [0.15, 0.2) is 12.1 Å². The first-order chi connectivity index (χ1) is 11.4. The van der Waals surface area contributed by atoms with Crippen molar-refractivity contribution in [1.29, 1.82) is 0 Å². The zero-order valence-electron chi connectivity index (χ0n) is 13.9. The molecule has 0 aliphatic carbocycles. The van der Waals surface area contributed by atoms with Gasteiger partial charge in [0.05, 0.1) is 16.9 Å². The minimum absolute atomic E-state index is 0.0967. The highest BCUT2D eigenvalue weighted by Crippen LogP contribution is 2.38. The van der Waals surface area contributed by atoms with Crippen LogP contribution in [0.2, 0.25) is 5.02 Å². The van der Waals surface area contributed by atoms with Crippen LogP contribution in [0.5, 0.6) is 11.5 Å². The Hall–Kier alpha value is -1.95. The summed E-state index contributed by atoms with van der Waals surface area (Å²) in [6.07, 6.45) is 1.00. The van der Waals surface area contributed by atoms with Gasteiger partial charge in [-0.1, -0.05) is 25.4 Å². The molecule has 0 atom stereocenters. The summed E-state index contributed by atoms with van der Waals surface area (Å²) in [4.78, 5) is 23.6. The number of carboxylic acids is 1. The van der Waals surface area contributed by atoms with E-state index >= 15 is 0 Å². The standard InChI is InChI=1S/C17H22ClNO5/c1-3-17(4-2,16(21)22)10-19-14(20)9-11-7-12(18)15-13(8-11)23-5-6-24-15/h7-8H,3-6,9-10H2,1-2H3,(H,19,20)(H,21,22). The SMILES string of the molecule is CCC(CC)(CNC(=O)Cc1cc(Cl)c2c(c1)OCCO2)C(=O)O. The third-order valence-electron chi connectivity index (χ3n) is 4.45. The van der Waals surface area contributed by atoms with Gasteiger partial charge in [-0.2, -0.15) is 0 Å². The predicted octanol–water partition coefficient (Wildman–Crippen LogP) is 2.66. The average Bonchev–Trinajstić information content (AvgIpc) is 2.56. The zero-order valence-corrected chi connectivity index (χ0v) is 14.6. The van der Waals surface area contributed by atoms with Gasteiger partial charge < -0.3 is 19.9 Å². The van der Waals surface area contributed by atoms with Gasteiger partial charge in [-0.15, -0.1) is 0 Å². The molecule has 6 nitrogen and oxygen atoms in total. The fraction of sp³-hybridized carbons (Fsp3) is 0.529. The average molecular weight is 356 g/mol. The van der Waals surface area contributed by atoms with Crippen LogP contribution >= 0.6 is 11.6 Å². The lowest BCUT2D eigenvalue weighted by Gasteiger charge is -2.27. The summed E-state index contributed by atoms with van der Waals surface area (Å²) >= 11 is 6.15. The summed E-state index contributed by atoms with van der Waals surface area (Å²) in [5.41, 5.74) is -0.240. The third-order valence-corrected chi connectivity index (χ3v) is 4.73. The van der Waals surface area contributed by atoms with Crippen LogP contribution in [0.1, 0.15) is 32.3 Å². The molecule has 1 amide bonds. The molecule has 0 radical (unpaired) electrons. The summed E-state index contributed by atoms with van der Waals surface area (Å²) in [7, 11) is 0. The van der Waals surface area contributed by atoms with Crippen molar-refractivity contribution in [3.63, 3.8) is 0 Å². The molecule has 132 valence electrons. The maximum absolute atomic E-state index is 12.2. The molecule has 0 unspecified atom stereocenters. The van der Waals surface area contributed by atoms with Gasteiger partial charge in [0.25, 0.3) is 0 Å². The quantitative estimate of drug-likeness (QED) is 0.785. The van der Waals surface area contributed by atoms with Gasteiger partial charge in [0.15, 0.2) is 11.5 Å². The zero-order chi connectivity index (χ0) is 17.7. The molecule has 0 saturated heterocycles. The lowest BCUT2D eigenvalue weighted by Crippen LogP contribution is -2.42. The molecular formula is C17H22ClNO5. The first-order valence-corrected chi connectivity index (χ1v) is 8.37. The van der Waals surface area contributed by atoms with Crippen LogP contribution < -0.4 is 14.8 Å². The number of aliphatic carboxylic acids is 1. The van der Waals surface area contributed by atoms with E-state index in [9.17, 15) is 14.7 Å². The molecule has 0 saturated carbocycles. The Bertz CT molecular complexity index is 628. The summed E-state index contributed by atoms with van der Waals surface area (Å²) in [6, 6.07) is 3.39. The maximum Gasteiger partial charge on any atom is 0.311 e. The number of halogens is 1. The van der Waals surface area contributed by atoms with Gasteiger partial charge in [0, 0.05) is 6.54 Å². The molecule has 7 heteroatoms. The number of fused-ring (bicyclic) bond motifs is 1. The Morgan fingerprint density at radius 2 is 1.92 bits per heavy atom. The highest BCUT2D eigenvalue weighted by Gasteiger charge is 2.35. The van der Waals surface area contributed by atoms with E-state index in [2.05, 4.69) is 5.32 Å².